The van der Waals surface area contributed by atoms with Crippen molar-refractivity contribution in [2.45, 2.75) is 13.5 Å². The average Bonchev–Trinajstić information content (AvgIpc) is 2.40. The van der Waals surface area contributed by atoms with Crippen molar-refractivity contribution in [2.75, 3.05) is 5.73 Å². The third-order valence-corrected chi connectivity index (χ3v) is 3.22. The highest BCUT2D eigenvalue weighted by atomic mass is 35.5. The molecule has 0 unspecified atom stereocenters. The molecule has 0 aromatic heterocycles. The fraction of sp³-hybridized carbons (Fsp3) is 0.133. The number of anilines is 1. The zero-order chi connectivity index (χ0) is 13.8. The Kier molecular flexibility index (Phi) is 4.07. The third kappa shape index (κ3) is 3.06. The summed E-state index contributed by atoms with van der Waals surface area (Å²) in [6.45, 7) is 2.19. The number of hydrogen-bond donors (Lipinski definition) is 1. The number of nitrogens with two attached hydrogens (primary N) is 1. The minimum Gasteiger partial charge on any atom is -0.457 e. The van der Waals surface area contributed by atoms with Crippen LogP contribution in [0.2, 0.25) is 5.02 Å². The van der Waals surface area contributed by atoms with Crippen LogP contribution in [0.5, 0.6) is 0 Å². The fourth-order valence-corrected chi connectivity index (χ4v) is 1.88. The second kappa shape index (κ2) is 5.76. The number of esters is 1. The van der Waals surface area contributed by atoms with Gasteiger partial charge in [-0.05, 0) is 30.2 Å². The van der Waals surface area contributed by atoms with E-state index in [4.69, 9.17) is 22.1 Å². The molecule has 0 bridgehead atoms. The Bertz CT molecular complexity index is 611. The van der Waals surface area contributed by atoms with Crippen molar-refractivity contribution >= 4 is 23.3 Å². The van der Waals surface area contributed by atoms with Gasteiger partial charge in [-0.25, -0.2) is 4.79 Å². The molecule has 0 aliphatic rings. The summed E-state index contributed by atoms with van der Waals surface area (Å²) in [5.41, 5.74) is 8.34. The number of aryl methyl sites for hydroxylation is 1. The van der Waals surface area contributed by atoms with E-state index in [0.717, 1.165) is 11.1 Å². The molecule has 98 valence electrons. The SMILES string of the molecule is Cc1ccccc1COC(=O)c1cccc(Cl)c1N. The number of para-hydroxylation sites is 1. The molecule has 0 atom stereocenters. The molecule has 2 N–H and O–H groups in total. The zero-order valence-electron chi connectivity index (χ0n) is 10.5. The molecule has 0 fully saturated rings. The molecule has 19 heavy (non-hydrogen) atoms. The predicted octanol–water partition coefficient (Wildman–Crippen LogP) is 3.59. The summed E-state index contributed by atoms with van der Waals surface area (Å²) in [6, 6.07) is 12.6. The topological polar surface area (TPSA) is 52.3 Å². The van der Waals surface area contributed by atoms with E-state index in [1.54, 1.807) is 18.2 Å². The minimum atomic E-state index is -0.469. The van der Waals surface area contributed by atoms with Gasteiger partial charge >= 0.3 is 5.97 Å². The minimum absolute atomic E-state index is 0.220. The van der Waals surface area contributed by atoms with E-state index in [9.17, 15) is 4.79 Å². The van der Waals surface area contributed by atoms with Gasteiger partial charge in [0.25, 0.3) is 0 Å². The molecule has 0 spiro atoms. The largest absolute Gasteiger partial charge is 0.457 e. The van der Waals surface area contributed by atoms with Crippen LogP contribution in [0.25, 0.3) is 0 Å². The Hall–Kier alpha value is -2.00. The summed E-state index contributed by atoms with van der Waals surface area (Å²) in [4.78, 5) is 11.9. The van der Waals surface area contributed by atoms with Crippen molar-refractivity contribution in [3.63, 3.8) is 0 Å². The highest BCUT2D eigenvalue weighted by Gasteiger charge is 2.13. The number of rotatable bonds is 3. The number of hydrogen-bond acceptors (Lipinski definition) is 3. The van der Waals surface area contributed by atoms with Gasteiger partial charge in [-0.3, -0.25) is 0 Å². The second-order valence-electron chi connectivity index (χ2n) is 4.20. The highest BCUT2D eigenvalue weighted by molar-refractivity contribution is 6.33. The van der Waals surface area contributed by atoms with E-state index in [-0.39, 0.29) is 12.3 Å². The van der Waals surface area contributed by atoms with E-state index in [1.807, 2.05) is 31.2 Å². The lowest BCUT2D eigenvalue weighted by atomic mass is 10.1. The van der Waals surface area contributed by atoms with Crippen molar-refractivity contribution in [1.29, 1.82) is 0 Å². The Balaban J connectivity index is 2.10. The molecule has 0 radical (unpaired) electrons. The first-order chi connectivity index (χ1) is 9.09. The highest BCUT2D eigenvalue weighted by Crippen LogP contribution is 2.23. The van der Waals surface area contributed by atoms with Crippen LogP contribution >= 0.6 is 11.6 Å². The lowest BCUT2D eigenvalue weighted by Crippen LogP contribution is -2.09. The summed E-state index contributed by atoms with van der Waals surface area (Å²) in [5, 5.41) is 0.352. The van der Waals surface area contributed by atoms with Crippen molar-refractivity contribution in [3.05, 3.63) is 64.2 Å². The Labute approximate surface area is 117 Å². The van der Waals surface area contributed by atoms with Crippen LogP contribution in [-0.4, -0.2) is 5.97 Å². The summed E-state index contributed by atoms with van der Waals surface area (Å²) < 4.78 is 5.25. The smallest absolute Gasteiger partial charge is 0.340 e. The van der Waals surface area contributed by atoms with Crippen LogP contribution in [0.1, 0.15) is 21.5 Å². The number of halogens is 1. The number of benzene rings is 2. The van der Waals surface area contributed by atoms with E-state index in [0.29, 0.717) is 10.6 Å². The molecular weight excluding hydrogens is 262 g/mol. The van der Waals surface area contributed by atoms with Gasteiger partial charge in [0.1, 0.15) is 6.61 Å². The summed E-state index contributed by atoms with van der Waals surface area (Å²) in [6.07, 6.45) is 0. The molecule has 2 aromatic carbocycles. The summed E-state index contributed by atoms with van der Waals surface area (Å²) >= 11 is 5.87. The Morgan fingerprint density at radius 2 is 1.95 bits per heavy atom. The summed E-state index contributed by atoms with van der Waals surface area (Å²) in [7, 11) is 0. The third-order valence-electron chi connectivity index (χ3n) is 2.89. The molecule has 0 amide bonds. The van der Waals surface area contributed by atoms with E-state index >= 15 is 0 Å². The molecule has 0 aliphatic carbocycles. The van der Waals surface area contributed by atoms with E-state index < -0.39 is 5.97 Å². The number of carbonyl (C=O) groups is 1. The number of ether oxygens (including phenoxy) is 1. The molecule has 4 heteroatoms. The fourth-order valence-electron chi connectivity index (χ4n) is 1.71. The van der Waals surface area contributed by atoms with E-state index in [1.165, 1.54) is 0 Å². The van der Waals surface area contributed by atoms with Gasteiger partial charge in [0.15, 0.2) is 0 Å². The lowest BCUT2D eigenvalue weighted by Gasteiger charge is -2.09. The van der Waals surface area contributed by atoms with Gasteiger partial charge in [-0.2, -0.15) is 0 Å². The predicted molar refractivity (Wildman–Crippen MR) is 76.2 cm³/mol. The van der Waals surface area contributed by atoms with Gasteiger partial charge in [0.05, 0.1) is 16.3 Å². The number of carbonyl (C=O) groups excluding carboxylic acids is 1. The zero-order valence-corrected chi connectivity index (χ0v) is 11.3. The first kappa shape index (κ1) is 13.4. The average molecular weight is 276 g/mol. The standard InChI is InChI=1S/C15H14ClNO2/c1-10-5-2-3-6-11(10)9-19-15(18)12-7-4-8-13(16)14(12)17/h2-8H,9,17H2,1H3. The molecule has 0 aliphatic heterocycles. The van der Waals surface area contributed by atoms with Gasteiger partial charge in [-0.1, -0.05) is 41.9 Å². The van der Waals surface area contributed by atoms with Crippen LogP contribution in [0.15, 0.2) is 42.5 Å². The van der Waals surface area contributed by atoms with Gasteiger partial charge in [0, 0.05) is 0 Å². The quantitative estimate of drug-likeness (QED) is 0.688. The van der Waals surface area contributed by atoms with Crippen LogP contribution in [0, 0.1) is 6.92 Å². The summed E-state index contributed by atoms with van der Waals surface area (Å²) in [5.74, 6) is -0.469. The first-order valence-electron chi connectivity index (χ1n) is 5.85. The molecule has 0 saturated heterocycles. The molecular formula is C15H14ClNO2. The van der Waals surface area contributed by atoms with Crippen LogP contribution < -0.4 is 5.73 Å². The Morgan fingerprint density at radius 3 is 2.68 bits per heavy atom. The molecule has 0 saturated carbocycles. The van der Waals surface area contributed by atoms with Gasteiger partial charge in [0.2, 0.25) is 0 Å². The normalized spacial score (nSPS) is 10.2. The lowest BCUT2D eigenvalue weighted by molar-refractivity contribution is 0.0473. The van der Waals surface area contributed by atoms with Crippen molar-refractivity contribution in [1.82, 2.24) is 0 Å². The van der Waals surface area contributed by atoms with Crippen molar-refractivity contribution in [2.24, 2.45) is 0 Å². The maximum atomic E-state index is 11.9. The monoisotopic (exact) mass is 275 g/mol. The van der Waals surface area contributed by atoms with Crippen molar-refractivity contribution in [3.8, 4) is 0 Å². The van der Waals surface area contributed by atoms with Gasteiger partial charge < -0.3 is 10.5 Å². The van der Waals surface area contributed by atoms with Crippen molar-refractivity contribution < 1.29 is 9.53 Å². The molecule has 0 heterocycles. The molecule has 3 nitrogen and oxygen atoms in total. The van der Waals surface area contributed by atoms with Gasteiger partial charge in [-0.15, -0.1) is 0 Å². The van der Waals surface area contributed by atoms with Crippen LogP contribution in [-0.2, 0) is 11.3 Å². The second-order valence-corrected chi connectivity index (χ2v) is 4.61. The molecule has 2 aromatic rings. The van der Waals surface area contributed by atoms with E-state index in [2.05, 4.69) is 0 Å². The maximum absolute atomic E-state index is 11.9. The number of nitrogen functional groups attached to an aromatic ring is 1. The Morgan fingerprint density at radius 1 is 1.21 bits per heavy atom. The molecule has 2 rings (SSSR count). The maximum Gasteiger partial charge on any atom is 0.340 e. The van der Waals surface area contributed by atoms with Crippen LogP contribution in [0.4, 0.5) is 5.69 Å². The first-order valence-corrected chi connectivity index (χ1v) is 6.23. The van der Waals surface area contributed by atoms with Crippen LogP contribution in [0.3, 0.4) is 0 Å².